The Morgan fingerprint density at radius 2 is 1.75 bits per heavy atom. The Labute approximate surface area is 213 Å². The van der Waals surface area contributed by atoms with Crippen LogP contribution in [0.2, 0.25) is 5.02 Å². The molecule has 3 fully saturated rings. The maximum absolute atomic E-state index is 13.3. The number of urea groups is 2. The maximum Gasteiger partial charge on any atom is 0.327 e. The summed E-state index contributed by atoms with van der Waals surface area (Å²) < 4.78 is 0. The highest BCUT2D eigenvalue weighted by Gasteiger charge is 2.56. The van der Waals surface area contributed by atoms with Gasteiger partial charge in [0.15, 0.2) is 0 Å². The van der Waals surface area contributed by atoms with E-state index in [1.54, 1.807) is 34.2 Å². The molecule has 1 unspecified atom stereocenters. The van der Waals surface area contributed by atoms with E-state index >= 15 is 0 Å². The lowest BCUT2D eigenvalue weighted by Crippen LogP contribution is -2.55. The smallest absolute Gasteiger partial charge is 0.320 e. The highest BCUT2D eigenvalue weighted by Crippen LogP contribution is 2.47. The molecule has 2 aromatic carbocycles. The predicted molar refractivity (Wildman–Crippen MR) is 136 cm³/mol. The fraction of sp³-hybridized carbons (Fsp3) is 0.259. The van der Waals surface area contributed by atoms with Gasteiger partial charge in [0.1, 0.15) is 6.04 Å². The number of rotatable bonds is 4. The number of nitrogens with zero attached hydrogens (tertiary/aromatic N) is 4. The number of imide groups is 1. The fourth-order valence-electron chi connectivity index (χ4n) is 5.20. The largest absolute Gasteiger partial charge is 0.327 e. The Morgan fingerprint density at radius 3 is 2.56 bits per heavy atom. The maximum atomic E-state index is 13.3. The van der Waals surface area contributed by atoms with Gasteiger partial charge in [0, 0.05) is 36.8 Å². The molecule has 2 aliphatic heterocycles. The monoisotopic (exact) mass is 501 g/mol. The molecular formula is C27H24ClN5O3. The van der Waals surface area contributed by atoms with E-state index in [-0.39, 0.29) is 36.5 Å². The summed E-state index contributed by atoms with van der Waals surface area (Å²) in [5.74, 6) is -0.0484. The average Bonchev–Trinajstić information content (AvgIpc) is 3.65. The highest BCUT2D eigenvalue weighted by molar-refractivity contribution is 6.33. The van der Waals surface area contributed by atoms with Gasteiger partial charge >= 0.3 is 12.1 Å². The lowest BCUT2D eigenvalue weighted by atomic mass is 10.1. The molecule has 1 N–H and O–H groups in total. The SMILES string of the molecule is O=C(Nc1cccnc1-c1ccccc1Cl)N1CCN2C(=O)N([C@@H]3C[C@H]3c3ccccc3)C(=O)C2C1. The van der Waals surface area contributed by atoms with Crippen LogP contribution in [0, 0.1) is 0 Å². The van der Waals surface area contributed by atoms with Gasteiger partial charge in [-0.15, -0.1) is 0 Å². The molecule has 3 aliphatic rings. The first-order valence-corrected chi connectivity index (χ1v) is 12.3. The van der Waals surface area contributed by atoms with Gasteiger partial charge in [-0.05, 0) is 30.2 Å². The van der Waals surface area contributed by atoms with Crippen molar-refractivity contribution in [3.8, 4) is 11.3 Å². The zero-order valence-corrected chi connectivity index (χ0v) is 20.1. The van der Waals surface area contributed by atoms with Crippen molar-refractivity contribution in [1.29, 1.82) is 0 Å². The van der Waals surface area contributed by atoms with Gasteiger partial charge in [0.05, 0.1) is 22.9 Å². The number of benzene rings is 2. The van der Waals surface area contributed by atoms with E-state index in [4.69, 9.17) is 11.6 Å². The summed E-state index contributed by atoms with van der Waals surface area (Å²) in [4.78, 5) is 48.6. The molecule has 2 saturated heterocycles. The Balaban J connectivity index is 1.16. The highest BCUT2D eigenvalue weighted by atomic mass is 35.5. The molecule has 1 aliphatic carbocycles. The minimum absolute atomic E-state index is 0.117. The van der Waals surface area contributed by atoms with Gasteiger partial charge in [0.25, 0.3) is 5.91 Å². The van der Waals surface area contributed by atoms with Gasteiger partial charge < -0.3 is 15.1 Å². The molecule has 8 nitrogen and oxygen atoms in total. The van der Waals surface area contributed by atoms with Crippen LogP contribution >= 0.6 is 11.6 Å². The predicted octanol–water partition coefficient (Wildman–Crippen LogP) is 4.44. The molecule has 9 heteroatoms. The summed E-state index contributed by atoms with van der Waals surface area (Å²) in [6.07, 6.45) is 2.42. The number of anilines is 1. The van der Waals surface area contributed by atoms with E-state index in [0.717, 1.165) is 12.0 Å². The van der Waals surface area contributed by atoms with Crippen molar-refractivity contribution in [1.82, 2.24) is 19.7 Å². The standard InChI is InChI=1S/C27H24ClN5O3/c28-20-10-5-4-9-18(20)24-21(11-6-12-29-24)30-26(35)31-13-14-32-23(16-31)25(34)33(27(32)36)22-15-19(22)17-7-2-1-3-8-17/h1-12,19,22-23H,13-16H2,(H,30,35)/t19-,22+,23?/m0/s1. The molecule has 3 aromatic rings. The Kier molecular flexibility index (Phi) is 5.60. The molecule has 5 amide bonds. The first-order valence-electron chi connectivity index (χ1n) is 12.0. The van der Waals surface area contributed by atoms with Crippen LogP contribution < -0.4 is 5.32 Å². The lowest BCUT2D eigenvalue weighted by Gasteiger charge is -2.35. The van der Waals surface area contributed by atoms with Crippen molar-refractivity contribution >= 4 is 35.3 Å². The molecule has 1 aromatic heterocycles. The number of pyridine rings is 1. The Bertz CT molecular complexity index is 1350. The van der Waals surface area contributed by atoms with Crippen LogP contribution in [0.25, 0.3) is 11.3 Å². The third-order valence-electron chi connectivity index (χ3n) is 7.14. The van der Waals surface area contributed by atoms with Crippen molar-refractivity contribution < 1.29 is 14.4 Å². The molecule has 0 radical (unpaired) electrons. The minimum Gasteiger partial charge on any atom is -0.320 e. The van der Waals surface area contributed by atoms with Crippen LogP contribution in [0.4, 0.5) is 15.3 Å². The number of amides is 5. The van der Waals surface area contributed by atoms with Gasteiger partial charge in [-0.1, -0.05) is 60.1 Å². The number of carbonyl (C=O) groups is 3. The minimum atomic E-state index is -0.661. The van der Waals surface area contributed by atoms with E-state index < -0.39 is 6.04 Å². The molecular weight excluding hydrogens is 478 g/mol. The van der Waals surface area contributed by atoms with Crippen molar-refractivity contribution in [2.75, 3.05) is 25.0 Å². The van der Waals surface area contributed by atoms with Gasteiger partial charge in [-0.25, -0.2) is 9.59 Å². The summed E-state index contributed by atoms with van der Waals surface area (Å²) in [6.45, 7) is 0.799. The van der Waals surface area contributed by atoms with Crippen LogP contribution in [0.1, 0.15) is 17.9 Å². The fourth-order valence-corrected chi connectivity index (χ4v) is 5.43. The van der Waals surface area contributed by atoms with Crippen LogP contribution in [0.5, 0.6) is 0 Å². The number of hydrogen-bond donors (Lipinski definition) is 1. The number of halogens is 1. The molecule has 36 heavy (non-hydrogen) atoms. The molecule has 182 valence electrons. The van der Waals surface area contributed by atoms with E-state index in [1.807, 2.05) is 48.5 Å². The van der Waals surface area contributed by atoms with Crippen molar-refractivity contribution in [3.05, 3.63) is 83.5 Å². The van der Waals surface area contributed by atoms with Gasteiger partial charge in [-0.3, -0.25) is 14.7 Å². The number of fused-ring (bicyclic) bond motifs is 1. The number of piperazine rings is 1. The number of aromatic nitrogens is 1. The number of hydrogen-bond acceptors (Lipinski definition) is 4. The zero-order valence-electron chi connectivity index (χ0n) is 19.4. The topological polar surface area (TPSA) is 85.8 Å². The van der Waals surface area contributed by atoms with Gasteiger partial charge in [0.2, 0.25) is 0 Å². The summed E-state index contributed by atoms with van der Waals surface area (Å²) in [5, 5.41) is 3.46. The van der Waals surface area contributed by atoms with Crippen LogP contribution in [0.3, 0.4) is 0 Å². The molecule has 6 rings (SSSR count). The molecule has 3 heterocycles. The second-order valence-corrected chi connectivity index (χ2v) is 9.68. The quantitative estimate of drug-likeness (QED) is 0.535. The van der Waals surface area contributed by atoms with Crippen molar-refractivity contribution in [2.45, 2.75) is 24.4 Å². The van der Waals surface area contributed by atoms with E-state index in [2.05, 4.69) is 10.3 Å². The van der Waals surface area contributed by atoms with Crippen molar-refractivity contribution in [3.63, 3.8) is 0 Å². The van der Waals surface area contributed by atoms with Crippen LogP contribution in [-0.2, 0) is 4.79 Å². The van der Waals surface area contributed by atoms with Crippen LogP contribution in [-0.4, -0.2) is 69.4 Å². The van der Waals surface area contributed by atoms with Crippen molar-refractivity contribution in [2.24, 2.45) is 0 Å². The third-order valence-corrected chi connectivity index (χ3v) is 7.47. The summed E-state index contributed by atoms with van der Waals surface area (Å²) in [6, 6.07) is 19.4. The Hall–Kier alpha value is -3.91. The Morgan fingerprint density at radius 1 is 0.972 bits per heavy atom. The summed E-state index contributed by atoms with van der Waals surface area (Å²) in [5.41, 5.74) is 2.94. The lowest BCUT2D eigenvalue weighted by molar-refractivity contribution is -0.129. The van der Waals surface area contributed by atoms with E-state index in [9.17, 15) is 14.4 Å². The summed E-state index contributed by atoms with van der Waals surface area (Å²) in [7, 11) is 0. The first-order chi connectivity index (χ1) is 17.5. The third kappa shape index (κ3) is 3.87. The van der Waals surface area contributed by atoms with Gasteiger partial charge in [-0.2, -0.15) is 0 Å². The molecule has 1 saturated carbocycles. The zero-order chi connectivity index (χ0) is 24.8. The normalized spacial score (nSPS) is 23.0. The molecule has 0 spiro atoms. The first kappa shape index (κ1) is 22.5. The second kappa shape index (κ2) is 8.95. The average molecular weight is 502 g/mol. The van der Waals surface area contributed by atoms with Crippen LogP contribution in [0.15, 0.2) is 72.9 Å². The van der Waals surface area contributed by atoms with E-state index in [1.165, 1.54) is 4.90 Å². The summed E-state index contributed by atoms with van der Waals surface area (Å²) >= 11 is 6.36. The molecule has 0 bridgehead atoms. The number of carbonyl (C=O) groups excluding carboxylic acids is 3. The van der Waals surface area contributed by atoms with E-state index in [0.29, 0.717) is 35.1 Å². The molecule has 3 atom stereocenters. The second-order valence-electron chi connectivity index (χ2n) is 9.28. The number of nitrogens with one attached hydrogen (secondary N) is 1.